The number of thiazole rings is 2. The van der Waals surface area contributed by atoms with E-state index >= 15 is 0 Å². The Labute approximate surface area is 192 Å². The van der Waals surface area contributed by atoms with Crippen LogP contribution in [-0.4, -0.2) is 30.1 Å². The van der Waals surface area contributed by atoms with Gasteiger partial charge in [0.1, 0.15) is 11.5 Å². The zero-order chi connectivity index (χ0) is 21.6. The van der Waals surface area contributed by atoms with Crippen molar-refractivity contribution in [2.24, 2.45) is 0 Å². The lowest BCUT2D eigenvalue weighted by Gasteiger charge is -2.09. The summed E-state index contributed by atoms with van der Waals surface area (Å²) >= 11 is 4.52. The fraction of sp³-hybridized carbons (Fsp3) is 0.136. The molecule has 0 saturated carbocycles. The number of amides is 1. The predicted octanol–water partition coefficient (Wildman–Crippen LogP) is 5.83. The van der Waals surface area contributed by atoms with E-state index in [9.17, 15) is 4.79 Å². The van der Waals surface area contributed by atoms with Crippen molar-refractivity contribution in [1.82, 2.24) is 9.97 Å². The molecule has 158 valence electrons. The number of thioether (sulfide) groups is 1. The third-order valence-electron chi connectivity index (χ3n) is 4.40. The van der Waals surface area contributed by atoms with Gasteiger partial charge in [-0.05, 0) is 30.3 Å². The molecule has 0 saturated heterocycles. The Hall–Kier alpha value is -2.88. The Bertz CT molecular complexity index is 1180. The van der Waals surface area contributed by atoms with E-state index in [1.54, 1.807) is 37.3 Å². The maximum absolute atomic E-state index is 12.9. The molecule has 0 atom stereocenters. The van der Waals surface area contributed by atoms with E-state index in [0.29, 0.717) is 33.6 Å². The highest BCUT2D eigenvalue weighted by Gasteiger charge is 2.16. The lowest BCUT2D eigenvalue weighted by atomic mass is 10.1. The van der Waals surface area contributed by atoms with Crippen LogP contribution in [0, 0.1) is 0 Å². The first kappa shape index (κ1) is 21.4. The van der Waals surface area contributed by atoms with Crippen LogP contribution in [0.15, 0.2) is 63.6 Å². The van der Waals surface area contributed by atoms with Crippen molar-refractivity contribution >= 4 is 45.5 Å². The van der Waals surface area contributed by atoms with Crippen molar-refractivity contribution in [2.45, 2.75) is 10.6 Å². The molecule has 0 fully saturated rings. The second-order valence-electron chi connectivity index (χ2n) is 6.32. The van der Waals surface area contributed by atoms with Crippen LogP contribution in [0.25, 0.3) is 11.3 Å². The summed E-state index contributed by atoms with van der Waals surface area (Å²) < 4.78 is 10.8. The molecule has 1 N–H and O–H groups in total. The Kier molecular flexibility index (Phi) is 6.86. The minimum Gasteiger partial charge on any atom is -0.497 e. The van der Waals surface area contributed by atoms with Gasteiger partial charge in [-0.1, -0.05) is 12.1 Å². The third kappa shape index (κ3) is 5.07. The smallest absolute Gasteiger partial charge is 0.258 e. The quantitative estimate of drug-likeness (QED) is 0.327. The summed E-state index contributed by atoms with van der Waals surface area (Å²) in [6, 6.07) is 13.1. The summed E-state index contributed by atoms with van der Waals surface area (Å²) in [6.45, 7) is 0. The lowest BCUT2D eigenvalue weighted by Crippen LogP contribution is -2.12. The molecule has 0 aliphatic heterocycles. The third-order valence-corrected chi connectivity index (χ3v) is 6.90. The van der Waals surface area contributed by atoms with Crippen LogP contribution in [0.2, 0.25) is 0 Å². The normalized spacial score (nSPS) is 10.6. The molecular weight excluding hydrogens is 450 g/mol. The molecule has 0 spiro atoms. The number of aromatic nitrogens is 2. The molecule has 0 aliphatic rings. The number of benzene rings is 2. The fourth-order valence-corrected chi connectivity index (χ4v) is 5.20. The van der Waals surface area contributed by atoms with Gasteiger partial charge in [0.25, 0.3) is 5.91 Å². The molecular formula is C22H19N3O3S3. The van der Waals surface area contributed by atoms with Crippen LogP contribution in [0.5, 0.6) is 11.5 Å². The summed E-state index contributed by atoms with van der Waals surface area (Å²) in [7, 11) is 3.22. The summed E-state index contributed by atoms with van der Waals surface area (Å²) in [5.41, 5.74) is 4.94. The molecule has 0 aliphatic carbocycles. The highest BCUT2D eigenvalue weighted by atomic mass is 32.2. The van der Waals surface area contributed by atoms with Crippen molar-refractivity contribution in [2.75, 3.05) is 19.5 Å². The number of nitrogens with one attached hydrogen (secondary N) is 1. The maximum atomic E-state index is 12.9. The van der Waals surface area contributed by atoms with Crippen LogP contribution < -0.4 is 14.8 Å². The van der Waals surface area contributed by atoms with Gasteiger partial charge in [0.15, 0.2) is 5.13 Å². The van der Waals surface area contributed by atoms with Crippen molar-refractivity contribution in [3.8, 4) is 22.8 Å². The number of hydrogen-bond acceptors (Lipinski definition) is 8. The zero-order valence-corrected chi connectivity index (χ0v) is 19.3. The van der Waals surface area contributed by atoms with Gasteiger partial charge in [-0.3, -0.25) is 10.1 Å². The first-order valence-corrected chi connectivity index (χ1v) is 12.1. The van der Waals surface area contributed by atoms with Gasteiger partial charge in [0, 0.05) is 27.0 Å². The first-order valence-electron chi connectivity index (χ1n) is 9.26. The molecule has 9 heteroatoms. The zero-order valence-electron chi connectivity index (χ0n) is 16.8. The summed E-state index contributed by atoms with van der Waals surface area (Å²) in [5.74, 6) is 1.92. The van der Waals surface area contributed by atoms with Crippen molar-refractivity contribution in [3.63, 3.8) is 0 Å². The number of hydrogen-bond donors (Lipinski definition) is 1. The highest BCUT2D eigenvalue weighted by Crippen LogP contribution is 2.35. The number of nitrogens with zero attached hydrogens (tertiary/aromatic N) is 2. The minimum absolute atomic E-state index is 0.195. The summed E-state index contributed by atoms with van der Waals surface area (Å²) in [4.78, 5) is 22.7. The van der Waals surface area contributed by atoms with Gasteiger partial charge >= 0.3 is 0 Å². The van der Waals surface area contributed by atoms with Crippen LogP contribution >= 0.6 is 34.4 Å². The van der Waals surface area contributed by atoms with Gasteiger partial charge < -0.3 is 9.47 Å². The van der Waals surface area contributed by atoms with E-state index in [2.05, 4.69) is 15.3 Å². The number of rotatable bonds is 8. The van der Waals surface area contributed by atoms with Gasteiger partial charge in [0.2, 0.25) is 0 Å². The van der Waals surface area contributed by atoms with Gasteiger partial charge in [-0.25, -0.2) is 9.97 Å². The number of anilines is 1. The SMILES string of the molecule is COc1ccc(OC)c(-c2csc(NC(=O)c3ccccc3SCc3cscn3)n2)c1. The molecule has 1 amide bonds. The monoisotopic (exact) mass is 469 g/mol. The van der Waals surface area contributed by atoms with E-state index in [4.69, 9.17) is 9.47 Å². The summed E-state index contributed by atoms with van der Waals surface area (Å²) in [5, 5.41) is 7.33. The topological polar surface area (TPSA) is 73.3 Å². The predicted molar refractivity (Wildman–Crippen MR) is 127 cm³/mol. The molecule has 0 bridgehead atoms. The molecule has 2 aromatic carbocycles. The Balaban J connectivity index is 1.51. The second-order valence-corrected chi connectivity index (χ2v) is 8.92. The van der Waals surface area contributed by atoms with E-state index in [0.717, 1.165) is 16.2 Å². The highest BCUT2D eigenvalue weighted by molar-refractivity contribution is 7.98. The molecule has 2 aromatic heterocycles. The van der Waals surface area contributed by atoms with Crippen LogP contribution in [0.3, 0.4) is 0 Å². The number of methoxy groups -OCH3 is 2. The largest absolute Gasteiger partial charge is 0.497 e. The average Bonchev–Trinajstić information content (AvgIpc) is 3.49. The van der Waals surface area contributed by atoms with Crippen molar-refractivity contribution in [1.29, 1.82) is 0 Å². The van der Waals surface area contributed by atoms with Crippen molar-refractivity contribution in [3.05, 3.63) is 70.0 Å². The standard InChI is InChI=1S/C22H19N3O3S3/c1-27-15-7-8-19(28-2)17(9-15)18-12-31-22(24-18)25-21(26)16-5-3-4-6-20(16)30-11-14-10-29-13-23-14/h3-10,12-13H,11H2,1-2H3,(H,24,25,26). The van der Waals surface area contributed by atoms with Crippen molar-refractivity contribution < 1.29 is 14.3 Å². The molecule has 2 heterocycles. The van der Waals surface area contributed by atoms with Gasteiger partial charge in [-0.15, -0.1) is 34.4 Å². The Morgan fingerprint density at radius 3 is 2.77 bits per heavy atom. The van der Waals surface area contributed by atoms with E-state index in [-0.39, 0.29) is 5.91 Å². The lowest BCUT2D eigenvalue weighted by molar-refractivity contribution is 0.102. The van der Waals surface area contributed by atoms with Gasteiger partial charge in [0.05, 0.1) is 36.7 Å². The molecule has 31 heavy (non-hydrogen) atoms. The fourth-order valence-electron chi connectivity index (χ4n) is 2.87. The van der Waals surface area contributed by atoms with E-state index < -0.39 is 0 Å². The Morgan fingerprint density at radius 2 is 2.00 bits per heavy atom. The molecule has 0 radical (unpaired) electrons. The Morgan fingerprint density at radius 1 is 1.13 bits per heavy atom. The molecule has 0 unspecified atom stereocenters. The van der Waals surface area contributed by atoms with E-state index in [1.165, 1.54) is 11.3 Å². The average molecular weight is 470 g/mol. The maximum Gasteiger partial charge on any atom is 0.258 e. The minimum atomic E-state index is -0.195. The van der Waals surface area contributed by atoms with E-state index in [1.807, 2.05) is 58.7 Å². The molecule has 4 rings (SSSR count). The first-order chi connectivity index (χ1) is 15.2. The molecule has 6 nitrogen and oxygen atoms in total. The second kappa shape index (κ2) is 9.95. The van der Waals surface area contributed by atoms with Crippen LogP contribution in [0.4, 0.5) is 5.13 Å². The molecule has 4 aromatic rings. The number of carbonyl (C=O) groups is 1. The number of ether oxygens (including phenoxy) is 2. The van der Waals surface area contributed by atoms with Gasteiger partial charge in [-0.2, -0.15) is 0 Å². The summed E-state index contributed by atoms with van der Waals surface area (Å²) in [6.07, 6.45) is 0. The van der Waals surface area contributed by atoms with Crippen LogP contribution in [-0.2, 0) is 5.75 Å². The number of carbonyl (C=O) groups excluding carboxylic acids is 1. The van der Waals surface area contributed by atoms with Crippen LogP contribution in [0.1, 0.15) is 16.1 Å².